The van der Waals surface area contributed by atoms with Gasteiger partial charge in [0, 0.05) is 32.9 Å². The van der Waals surface area contributed by atoms with Crippen LogP contribution in [0.1, 0.15) is 0 Å². The van der Waals surface area contributed by atoms with E-state index < -0.39 is 0 Å². The van der Waals surface area contributed by atoms with Crippen molar-refractivity contribution in [1.82, 2.24) is 4.98 Å². The maximum absolute atomic E-state index is 5.94. The van der Waals surface area contributed by atoms with Crippen molar-refractivity contribution in [2.24, 2.45) is 0 Å². The first-order chi connectivity index (χ1) is 6.84. The Balaban J connectivity index is 2.57. The second-order valence-electron chi connectivity index (χ2n) is 3.11. The van der Waals surface area contributed by atoms with Gasteiger partial charge in [0.2, 0.25) is 0 Å². The summed E-state index contributed by atoms with van der Waals surface area (Å²) in [7, 11) is 0. The first-order valence-corrected chi connectivity index (χ1v) is 5.46. The fourth-order valence-electron chi connectivity index (χ4n) is 1.61. The minimum atomic E-state index is 0.789. The Morgan fingerprint density at radius 1 is 1.07 bits per heavy atom. The minimum Gasteiger partial charge on any atom is -0.263 e. The van der Waals surface area contributed by atoms with E-state index in [1.165, 1.54) is 20.2 Å². The van der Waals surface area contributed by atoms with Crippen molar-refractivity contribution in [1.29, 1.82) is 0 Å². The molecule has 1 nitrogen and oxygen atoms in total. The molecule has 3 aromatic rings. The molecule has 14 heavy (non-hydrogen) atoms. The molecule has 0 spiro atoms. The van der Waals surface area contributed by atoms with Crippen LogP contribution < -0.4 is 0 Å². The van der Waals surface area contributed by atoms with Crippen LogP contribution in [0.2, 0.25) is 5.02 Å². The smallest absolute Gasteiger partial charge is 0.0538 e. The molecule has 3 rings (SSSR count). The van der Waals surface area contributed by atoms with E-state index in [1.807, 2.05) is 30.6 Å². The predicted molar refractivity (Wildman–Crippen MR) is 62.1 cm³/mol. The Morgan fingerprint density at radius 3 is 2.86 bits per heavy atom. The molecule has 0 aliphatic carbocycles. The molecule has 0 saturated heterocycles. The quantitative estimate of drug-likeness (QED) is 0.555. The largest absolute Gasteiger partial charge is 0.263 e. The number of benzene rings is 1. The monoisotopic (exact) mass is 219 g/mol. The Hall–Kier alpha value is -1.12. The number of hydrogen-bond acceptors (Lipinski definition) is 2. The van der Waals surface area contributed by atoms with Crippen LogP contribution in [0.15, 0.2) is 36.7 Å². The highest BCUT2D eigenvalue weighted by Gasteiger charge is 2.03. The van der Waals surface area contributed by atoms with Crippen LogP contribution in [0.3, 0.4) is 0 Å². The van der Waals surface area contributed by atoms with E-state index in [4.69, 9.17) is 11.6 Å². The summed E-state index contributed by atoms with van der Waals surface area (Å²) >= 11 is 7.67. The highest BCUT2D eigenvalue weighted by atomic mass is 35.5. The van der Waals surface area contributed by atoms with Crippen molar-refractivity contribution in [3.05, 3.63) is 41.7 Å². The van der Waals surface area contributed by atoms with Gasteiger partial charge in [-0.15, -0.1) is 11.3 Å². The van der Waals surface area contributed by atoms with E-state index in [-0.39, 0.29) is 0 Å². The molecule has 2 heterocycles. The molecule has 1 aromatic carbocycles. The average Bonchev–Trinajstić information content (AvgIpc) is 2.54. The van der Waals surface area contributed by atoms with Gasteiger partial charge in [-0.3, -0.25) is 4.98 Å². The SMILES string of the molecule is Clc1ccc2c(c1)sc1cnccc12. The van der Waals surface area contributed by atoms with Gasteiger partial charge in [-0.25, -0.2) is 0 Å². The van der Waals surface area contributed by atoms with Gasteiger partial charge in [-0.05, 0) is 18.2 Å². The van der Waals surface area contributed by atoms with Crippen LogP contribution in [-0.2, 0) is 0 Å². The molecule has 0 aliphatic rings. The fraction of sp³-hybridized carbons (Fsp3) is 0. The molecule has 68 valence electrons. The zero-order valence-corrected chi connectivity index (χ0v) is 8.77. The molecule has 0 unspecified atom stereocenters. The highest BCUT2D eigenvalue weighted by Crippen LogP contribution is 2.34. The Morgan fingerprint density at radius 2 is 1.93 bits per heavy atom. The Kier molecular flexibility index (Phi) is 1.72. The normalized spacial score (nSPS) is 11.2. The lowest BCUT2D eigenvalue weighted by Gasteiger charge is -1.90. The van der Waals surface area contributed by atoms with Crippen LogP contribution in [0, 0.1) is 0 Å². The zero-order chi connectivity index (χ0) is 9.54. The molecule has 0 radical (unpaired) electrons. The van der Waals surface area contributed by atoms with Crippen molar-refractivity contribution < 1.29 is 0 Å². The fourth-order valence-corrected chi connectivity index (χ4v) is 2.95. The number of nitrogens with zero attached hydrogens (tertiary/aromatic N) is 1. The topological polar surface area (TPSA) is 12.9 Å². The number of thiophene rings is 1. The maximum Gasteiger partial charge on any atom is 0.0538 e. The van der Waals surface area contributed by atoms with Gasteiger partial charge >= 0.3 is 0 Å². The van der Waals surface area contributed by atoms with Gasteiger partial charge in [0.25, 0.3) is 0 Å². The summed E-state index contributed by atoms with van der Waals surface area (Å²) in [4.78, 5) is 4.11. The highest BCUT2D eigenvalue weighted by molar-refractivity contribution is 7.25. The first kappa shape index (κ1) is 8.21. The average molecular weight is 220 g/mol. The van der Waals surface area contributed by atoms with Crippen molar-refractivity contribution in [2.75, 3.05) is 0 Å². The molecular formula is C11H6ClNS. The van der Waals surface area contributed by atoms with E-state index in [0.717, 1.165) is 5.02 Å². The van der Waals surface area contributed by atoms with Crippen molar-refractivity contribution >= 4 is 43.1 Å². The second kappa shape index (κ2) is 2.94. The van der Waals surface area contributed by atoms with Crippen LogP contribution in [-0.4, -0.2) is 4.98 Å². The maximum atomic E-state index is 5.94. The summed E-state index contributed by atoms with van der Waals surface area (Å²) < 4.78 is 2.44. The first-order valence-electron chi connectivity index (χ1n) is 4.26. The lowest BCUT2D eigenvalue weighted by molar-refractivity contribution is 1.37. The number of rotatable bonds is 0. The molecule has 0 amide bonds. The van der Waals surface area contributed by atoms with Crippen LogP contribution in [0.25, 0.3) is 20.2 Å². The van der Waals surface area contributed by atoms with Gasteiger partial charge in [-0.1, -0.05) is 17.7 Å². The minimum absolute atomic E-state index is 0.789. The van der Waals surface area contributed by atoms with E-state index in [9.17, 15) is 0 Å². The van der Waals surface area contributed by atoms with Crippen LogP contribution in [0.4, 0.5) is 0 Å². The van der Waals surface area contributed by atoms with Crippen LogP contribution >= 0.6 is 22.9 Å². The molecule has 0 N–H and O–H groups in total. The van der Waals surface area contributed by atoms with Gasteiger partial charge in [0.15, 0.2) is 0 Å². The van der Waals surface area contributed by atoms with Gasteiger partial charge < -0.3 is 0 Å². The molecule has 3 heteroatoms. The molecule has 0 bridgehead atoms. The van der Waals surface area contributed by atoms with Crippen molar-refractivity contribution in [3.63, 3.8) is 0 Å². The number of halogens is 1. The number of hydrogen-bond donors (Lipinski definition) is 0. The molecule has 0 saturated carbocycles. The standard InChI is InChI=1S/C11H6ClNS/c12-7-1-2-8-9-3-4-13-6-11(9)14-10(8)5-7/h1-6H. The van der Waals surface area contributed by atoms with Crippen molar-refractivity contribution in [2.45, 2.75) is 0 Å². The molecule has 0 atom stereocenters. The summed E-state index contributed by atoms with van der Waals surface area (Å²) in [5.74, 6) is 0. The predicted octanol–water partition coefficient (Wildman–Crippen LogP) is 4.10. The number of aromatic nitrogens is 1. The van der Waals surface area contributed by atoms with E-state index >= 15 is 0 Å². The third kappa shape index (κ3) is 1.11. The van der Waals surface area contributed by atoms with E-state index in [0.29, 0.717) is 0 Å². The Labute approximate surface area is 90.0 Å². The molecule has 2 aromatic heterocycles. The van der Waals surface area contributed by atoms with Gasteiger partial charge in [0.1, 0.15) is 0 Å². The summed E-state index contributed by atoms with van der Waals surface area (Å²) in [6, 6.07) is 8.04. The Bertz CT molecular complexity index is 615. The third-order valence-electron chi connectivity index (χ3n) is 2.24. The number of pyridine rings is 1. The number of fused-ring (bicyclic) bond motifs is 3. The summed E-state index contributed by atoms with van der Waals surface area (Å²) in [6.45, 7) is 0. The van der Waals surface area contributed by atoms with Gasteiger partial charge in [0.05, 0.1) is 4.70 Å². The summed E-state index contributed by atoms with van der Waals surface area (Å²) in [6.07, 6.45) is 3.72. The molecule has 0 fully saturated rings. The summed E-state index contributed by atoms with van der Waals surface area (Å²) in [5.41, 5.74) is 0. The molecular weight excluding hydrogens is 214 g/mol. The molecule has 0 aliphatic heterocycles. The van der Waals surface area contributed by atoms with Crippen LogP contribution in [0.5, 0.6) is 0 Å². The zero-order valence-electron chi connectivity index (χ0n) is 7.20. The third-order valence-corrected chi connectivity index (χ3v) is 3.58. The van der Waals surface area contributed by atoms with E-state index in [2.05, 4.69) is 11.1 Å². The van der Waals surface area contributed by atoms with E-state index in [1.54, 1.807) is 11.3 Å². The second-order valence-corrected chi connectivity index (χ2v) is 4.63. The lowest BCUT2D eigenvalue weighted by atomic mass is 10.2. The van der Waals surface area contributed by atoms with Crippen molar-refractivity contribution in [3.8, 4) is 0 Å². The summed E-state index contributed by atoms with van der Waals surface area (Å²) in [5, 5.41) is 3.31. The lowest BCUT2D eigenvalue weighted by Crippen LogP contribution is -1.68. The van der Waals surface area contributed by atoms with Gasteiger partial charge in [-0.2, -0.15) is 0 Å².